The maximum atomic E-state index is 3.71. The number of halogens is 1. The van der Waals surface area contributed by atoms with E-state index in [1.165, 1.54) is 30.4 Å². The number of rotatable bonds is 4. The third-order valence-electron chi connectivity index (χ3n) is 4.49. The van der Waals surface area contributed by atoms with Crippen LogP contribution in [0.1, 0.15) is 54.6 Å². The van der Waals surface area contributed by atoms with Crippen LogP contribution in [0.15, 0.2) is 46.9 Å². The lowest BCUT2D eigenvalue weighted by Gasteiger charge is -2.21. The van der Waals surface area contributed by atoms with Gasteiger partial charge in [0.2, 0.25) is 0 Å². The molecule has 0 amide bonds. The highest BCUT2D eigenvalue weighted by Gasteiger charge is 2.15. The molecule has 0 radical (unpaired) electrons. The smallest absolute Gasteiger partial charge is 0.0297 e. The number of nitrogens with one attached hydrogen (secondary N) is 1. The van der Waals surface area contributed by atoms with Crippen LogP contribution in [0.3, 0.4) is 0 Å². The van der Waals surface area contributed by atoms with Gasteiger partial charge in [-0.05, 0) is 67.5 Å². The second-order valence-electron chi connectivity index (χ2n) is 6.04. The summed E-state index contributed by atoms with van der Waals surface area (Å²) in [6.07, 6.45) is 3.82. The van der Waals surface area contributed by atoms with Gasteiger partial charge in [0.1, 0.15) is 0 Å². The van der Waals surface area contributed by atoms with Crippen LogP contribution in [-0.2, 0) is 12.8 Å². The van der Waals surface area contributed by atoms with Crippen LogP contribution in [0.25, 0.3) is 0 Å². The molecular weight excluding hydrogens is 322 g/mol. The Morgan fingerprint density at radius 3 is 2.24 bits per heavy atom. The third kappa shape index (κ3) is 3.38. The average molecular weight is 344 g/mol. The summed E-state index contributed by atoms with van der Waals surface area (Å²) in [6, 6.07) is 16.3. The molecule has 21 heavy (non-hydrogen) atoms. The largest absolute Gasteiger partial charge is 0.304 e. The molecule has 0 aliphatic heterocycles. The van der Waals surface area contributed by atoms with Crippen LogP contribution in [0.5, 0.6) is 0 Å². The van der Waals surface area contributed by atoms with E-state index >= 15 is 0 Å². The van der Waals surface area contributed by atoms with E-state index in [1.807, 2.05) is 0 Å². The zero-order chi connectivity index (χ0) is 14.8. The Balaban J connectivity index is 1.70. The van der Waals surface area contributed by atoms with E-state index < -0.39 is 0 Å². The van der Waals surface area contributed by atoms with E-state index in [9.17, 15) is 0 Å². The van der Waals surface area contributed by atoms with Crippen LogP contribution >= 0.6 is 15.9 Å². The van der Waals surface area contributed by atoms with Crippen molar-refractivity contribution in [3.8, 4) is 0 Å². The van der Waals surface area contributed by atoms with Crippen LogP contribution in [-0.4, -0.2) is 0 Å². The van der Waals surface area contributed by atoms with Crippen molar-refractivity contribution in [2.75, 3.05) is 0 Å². The fourth-order valence-corrected chi connectivity index (χ4v) is 3.44. The van der Waals surface area contributed by atoms with Crippen molar-refractivity contribution >= 4 is 15.9 Å². The summed E-state index contributed by atoms with van der Waals surface area (Å²) in [5, 5.41) is 3.71. The van der Waals surface area contributed by atoms with Crippen molar-refractivity contribution in [1.29, 1.82) is 0 Å². The van der Waals surface area contributed by atoms with E-state index in [4.69, 9.17) is 0 Å². The zero-order valence-electron chi connectivity index (χ0n) is 12.7. The van der Waals surface area contributed by atoms with Gasteiger partial charge in [-0.2, -0.15) is 0 Å². The van der Waals surface area contributed by atoms with Gasteiger partial charge in [0.15, 0.2) is 0 Å². The van der Waals surface area contributed by atoms with Gasteiger partial charge in [-0.25, -0.2) is 0 Å². The topological polar surface area (TPSA) is 12.0 Å². The van der Waals surface area contributed by atoms with Crippen LogP contribution in [0.2, 0.25) is 0 Å². The van der Waals surface area contributed by atoms with Gasteiger partial charge in [-0.1, -0.05) is 46.3 Å². The lowest BCUT2D eigenvalue weighted by atomic mass is 10.0. The fraction of sp³-hybridized carbons (Fsp3) is 0.368. The molecule has 2 atom stereocenters. The molecule has 1 nitrogen and oxygen atoms in total. The van der Waals surface area contributed by atoms with Gasteiger partial charge in [0, 0.05) is 16.6 Å². The Labute approximate surface area is 135 Å². The standard InChI is InChI=1S/C19H22BrN/c1-13(15-8-10-19(20)11-9-15)21-14(2)17-7-6-16-4-3-5-18(16)12-17/h6-14,21H,3-5H2,1-2H3. The average Bonchev–Trinajstić information content (AvgIpc) is 2.95. The monoisotopic (exact) mass is 343 g/mol. The molecule has 0 fully saturated rings. The van der Waals surface area contributed by atoms with E-state index in [1.54, 1.807) is 11.1 Å². The molecule has 1 aliphatic rings. The van der Waals surface area contributed by atoms with Gasteiger partial charge < -0.3 is 5.32 Å². The minimum atomic E-state index is 0.348. The highest BCUT2D eigenvalue weighted by Crippen LogP contribution is 2.27. The molecule has 0 aromatic heterocycles. The Bertz CT molecular complexity index is 618. The second-order valence-corrected chi connectivity index (χ2v) is 6.96. The van der Waals surface area contributed by atoms with Gasteiger partial charge in [-0.15, -0.1) is 0 Å². The molecule has 0 saturated carbocycles. The summed E-state index contributed by atoms with van der Waals surface area (Å²) in [7, 11) is 0. The zero-order valence-corrected chi connectivity index (χ0v) is 14.3. The number of fused-ring (bicyclic) bond motifs is 1. The molecular formula is C19H22BrN. The third-order valence-corrected chi connectivity index (χ3v) is 5.02. The molecule has 2 heteroatoms. The first-order chi connectivity index (χ1) is 10.1. The van der Waals surface area contributed by atoms with Crippen molar-refractivity contribution in [3.63, 3.8) is 0 Å². The molecule has 0 bridgehead atoms. The lowest BCUT2D eigenvalue weighted by Crippen LogP contribution is -2.22. The van der Waals surface area contributed by atoms with Crippen molar-refractivity contribution in [2.24, 2.45) is 0 Å². The number of aryl methyl sites for hydroxylation is 2. The number of benzene rings is 2. The van der Waals surface area contributed by atoms with Gasteiger partial charge in [-0.3, -0.25) is 0 Å². The van der Waals surface area contributed by atoms with Crippen LogP contribution < -0.4 is 5.32 Å². The molecule has 0 spiro atoms. The molecule has 2 aromatic rings. The van der Waals surface area contributed by atoms with Gasteiger partial charge in [0.25, 0.3) is 0 Å². The first-order valence-electron chi connectivity index (χ1n) is 7.76. The minimum absolute atomic E-state index is 0.348. The molecule has 2 aromatic carbocycles. The first kappa shape index (κ1) is 14.8. The summed E-state index contributed by atoms with van der Waals surface area (Å²) < 4.78 is 1.13. The SMILES string of the molecule is CC(NC(C)c1ccc2c(c1)CCC2)c1ccc(Br)cc1. The predicted molar refractivity (Wildman–Crippen MR) is 92.6 cm³/mol. The van der Waals surface area contributed by atoms with E-state index in [0.717, 1.165) is 4.47 Å². The molecule has 0 heterocycles. The van der Waals surface area contributed by atoms with E-state index in [-0.39, 0.29) is 0 Å². The first-order valence-corrected chi connectivity index (χ1v) is 8.56. The molecule has 110 valence electrons. The van der Waals surface area contributed by atoms with E-state index in [0.29, 0.717) is 12.1 Å². The Hall–Kier alpha value is -1.12. The van der Waals surface area contributed by atoms with Crippen LogP contribution in [0.4, 0.5) is 0 Å². The second kappa shape index (κ2) is 6.33. The Kier molecular flexibility index (Phi) is 4.46. The van der Waals surface area contributed by atoms with Gasteiger partial charge in [0.05, 0.1) is 0 Å². The number of hydrogen-bond acceptors (Lipinski definition) is 1. The molecule has 1 aliphatic carbocycles. The van der Waals surface area contributed by atoms with Gasteiger partial charge >= 0.3 is 0 Å². The Morgan fingerprint density at radius 2 is 1.48 bits per heavy atom. The van der Waals surface area contributed by atoms with Crippen molar-refractivity contribution in [2.45, 2.75) is 45.2 Å². The summed E-state index contributed by atoms with van der Waals surface area (Å²) in [5.74, 6) is 0. The molecule has 0 saturated heterocycles. The van der Waals surface area contributed by atoms with Crippen molar-refractivity contribution in [1.82, 2.24) is 5.32 Å². The minimum Gasteiger partial charge on any atom is -0.304 e. The summed E-state index contributed by atoms with van der Waals surface area (Å²) in [5.41, 5.74) is 5.83. The summed E-state index contributed by atoms with van der Waals surface area (Å²) in [4.78, 5) is 0. The summed E-state index contributed by atoms with van der Waals surface area (Å²) >= 11 is 3.49. The lowest BCUT2D eigenvalue weighted by molar-refractivity contribution is 0.494. The normalized spacial score (nSPS) is 16.5. The quantitative estimate of drug-likeness (QED) is 0.788. The molecule has 1 N–H and O–H groups in total. The van der Waals surface area contributed by atoms with Crippen LogP contribution in [0, 0.1) is 0 Å². The Morgan fingerprint density at radius 1 is 0.857 bits per heavy atom. The molecule has 2 unspecified atom stereocenters. The van der Waals surface area contributed by atoms with Crippen molar-refractivity contribution < 1.29 is 0 Å². The number of hydrogen-bond donors (Lipinski definition) is 1. The molecule has 3 rings (SSSR count). The summed E-state index contributed by atoms with van der Waals surface area (Å²) in [6.45, 7) is 4.49. The van der Waals surface area contributed by atoms with E-state index in [2.05, 4.69) is 77.6 Å². The van der Waals surface area contributed by atoms with Crippen molar-refractivity contribution in [3.05, 3.63) is 69.2 Å². The highest BCUT2D eigenvalue weighted by atomic mass is 79.9. The maximum Gasteiger partial charge on any atom is 0.0297 e. The fourth-order valence-electron chi connectivity index (χ4n) is 3.18. The predicted octanol–water partition coefficient (Wildman–Crippen LogP) is 5.35. The highest BCUT2D eigenvalue weighted by molar-refractivity contribution is 9.10. The maximum absolute atomic E-state index is 3.71.